The van der Waals surface area contributed by atoms with Crippen molar-refractivity contribution in [3.05, 3.63) is 23.5 Å². The molecular formula is C16H22N4O3S. The van der Waals surface area contributed by atoms with Crippen LogP contribution in [0.5, 0.6) is 0 Å². The summed E-state index contributed by atoms with van der Waals surface area (Å²) in [5.74, 6) is 0.0528. The van der Waals surface area contributed by atoms with Gasteiger partial charge in [-0.2, -0.15) is 5.10 Å². The maximum Gasteiger partial charge on any atom is 0.252 e. The van der Waals surface area contributed by atoms with Crippen LogP contribution in [0, 0.1) is 0 Å². The second-order valence-electron chi connectivity index (χ2n) is 6.67. The molecule has 0 atom stereocenters. The molecule has 0 bridgehead atoms. The molecular weight excluding hydrogens is 328 g/mol. The largest absolute Gasteiger partial charge is 0.351 e. The number of nitrogens with zero attached hydrogens (tertiary/aromatic N) is 3. The zero-order valence-corrected chi connectivity index (χ0v) is 14.9. The zero-order valence-electron chi connectivity index (χ0n) is 14.1. The van der Waals surface area contributed by atoms with Crippen LogP contribution in [0.15, 0.2) is 12.3 Å². The number of pyridine rings is 1. The number of amides is 1. The van der Waals surface area contributed by atoms with E-state index in [0.29, 0.717) is 22.5 Å². The molecule has 1 aliphatic rings. The monoisotopic (exact) mass is 350 g/mol. The smallest absolute Gasteiger partial charge is 0.252 e. The van der Waals surface area contributed by atoms with E-state index in [4.69, 9.17) is 4.98 Å². The van der Waals surface area contributed by atoms with Crippen molar-refractivity contribution < 1.29 is 13.2 Å². The van der Waals surface area contributed by atoms with Crippen molar-refractivity contribution in [1.29, 1.82) is 0 Å². The molecule has 1 fully saturated rings. The lowest BCUT2D eigenvalue weighted by atomic mass is 10.1. The molecule has 130 valence electrons. The zero-order chi connectivity index (χ0) is 17.5. The quantitative estimate of drug-likeness (QED) is 0.855. The molecule has 0 aliphatic heterocycles. The lowest BCUT2D eigenvalue weighted by molar-refractivity contribution is 0.0957. The van der Waals surface area contributed by atoms with Crippen LogP contribution in [0.1, 0.15) is 54.7 Å². The van der Waals surface area contributed by atoms with Crippen LogP contribution in [0.25, 0.3) is 11.0 Å². The average molecular weight is 350 g/mol. The summed E-state index contributed by atoms with van der Waals surface area (Å²) in [4.78, 5) is 17.3. The number of sulfone groups is 1. The number of aromatic nitrogens is 3. The van der Waals surface area contributed by atoms with Gasteiger partial charge in [0.1, 0.15) is 9.84 Å². The summed E-state index contributed by atoms with van der Waals surface area (Å²) in [6.45, 7) is 4.13. The fourth-order valence-corrected chi connectivity index (χ4v) is 3.11. The Kier molecular flexibility index (Phi) is 4.33. The van der Waals surface area contributed by atoms with Crippen molar-refractivity contribution in [2.75, 3.05) is 18.6 Å². The van der Waals surface area contributed by atoms with Gasteiger partial charge in [0.25, 0.3) is 5.91 Å². The molecule has 2 aromatic heterocycles. The SMILES string of the molecule is CC(C)n1ncc2c(C(=O)NCCS(C)(=O)=O)cc(C3CC3)nc21. The highest BCUT2D eigenvalue weighted by atomic mass is 32.2. The van der Waals surface area contributed by atoms with Crippen LogP contribution in [0.2, 0.25) is 0 Å². The summed E-state index contributed by atoms with van der Waals surface area (Å²) in [7, 11) is -3.11. The van der Waals surface area contributed by atoms with Crippen LogP contribution in [-0.2, 0) is 9.84 Å². The minimum atomic E-state index is -3.11. The van der Waals surface area contributed by atoms with Gasteiger partial charge in [-0.15, -0.1) is 0 Å². The molecule has 8 heteroatoms. The molecule has 24 heavy (non-hydrogen) atoms. The summed E-state index contributed by atoms with van der Waals surface area (Å²) in [6.07, 6.45) is 4.99. The summed E-state index contributed by atoms with van der Waals surface area (Å²) in [5.41, 5.74) is 2.14. The Morgan fingerprint density at radius 3 is 2.71 bits per heavy atom. The van der Waals surface area contributed by atoms with Crippen molar-refractivity contribution in [3.8, 4) is 0 Å². The summed E-state index contributed by atoms with van der Waals surface area (Å²) in [5, 5.41) is 7.75. The number of fused-ring (bicyclic) bond motifs is 1. The fourth-order valence-electron chi connectivity index (χ4n) is 2.64. The van der Waals surface area contributed by atoms with E-state index in [9.17, 15) is 13.2 Å². The average Bonchev–Trinajstić information content (AvgIpc) is 3.23. The van der Waals surface area contributed by atoms with E-state index >= 15 is 0 Å². The Morgan fingerprint density at radius 1 is 1.42 bits per heavy atom. The molecule has 0 unspecified atom stereocenters. The topological polar surface area (TPSA) is 94.0 Å². The van der Waals surface area contributed by atoms with Crippen molar-refractivity contribution >= 4 is 26.8 Å². The standard InChI is InChI=1S/C16H22N4O3S/c1-10(2)20-15-13(9-18-20)12(8-14(19-15)11-4-5-11)16(21)17-6-7-24(3,22)23/h8-11H,4-7H2,1-3H3,(H,17,21). The van der Waals surface area contributed by atoms with Gasteiger partial charge in [0.2, 0.25) is 0 Å². The van der Waals surface area contributed by atoms with Gasteiger partial charge < -0.3 is 5.32 Å². The molecule has 1 saturated carbocycles. The number of nitrogens with one attached hydrogen (secondary N) is 1. The maximum atomic E-state index is 12.5. The van der Waals surface area contributed by atoms with Crippen LogP contribution >= 0.6 is 0 Å². The summed E-state index contributed by atoms with van der Waals surface area (Å²) < 4.78 is 24.2. The number of rotatable bonds is 6. The highest BCUT2D eigenvalue weighted by Gasteiger charge is 2.28. The van der Waals surface area contributed by atoms with Crippen molar-refractivity contribution in [2.45, 2.75) is 38.6 Å². The lowest BCUT2D eigenvalue weighted by Gasteiger charge is -2.10. The van der Waals surface area contributed by atoms with E-state index in [2.05, 4.69) is 10.4 Å². The molecule has 0 saturated heterocycles. The van der Waals surface area contributed by atoms with Gasteiger partial charge in [0, 0.05) is 30.5 Å². The van der Waals surface area contributed by atoms with E-state index < -0.39 is 9.84 Å². The lowest BCUT2D eigenvalue weighted by Crippen LogP contribution is -2.29. The third kappa shape index (κ3) is 3.58. The first kappa shape index (κ1) is 16.9. The fraction of sp³-hybridized carbons (Fsp3) is 0.562. The molecule has 0 radical (unpaired) electrons. The van der Waals surface area contributed by atoms with Crippen molar-refractivity contribution in [1.82, 2.24) is 20.1 Å². The van der Waals surface area contributed by atoms with Crippen LogP contribution < -0.4 is 5.32 Å². The first-order valence-electron chi connectivity index (χ1n) is 8.10. The predicted molar refractivity (Wildman–Crippen MR) is 91.9 cm³/mol. The van der Waals surface area contributed by atoms with Crippen LogP contribution in [0.4, 0.5) is 0 Å². The Hall–Kier alpha value is -1.96. The highest BCUT2D eigenvalue weighted by molar-refractivity contribution is 7.90. The number of hydrogen-bond donors (Lipinski definition) is 1. The minimum absolute atomic E-state index is 0.0757. The Bertz CT molecular complexity index is 882. The number of carbonyl (C=O) groups excluding carboxylic acids is 1. The molecule has 2 aromatic rings. The van der Waals surface area contributed by atoms with Gasteiger partial charge in [-0.05, 0) is 32.8 Å². The first-order chi connectivity index (χ1) is 11.3. The van der Waals surface area contributed by atoms with Crippen molar-refractivity contribution in [3.63, 3.8) is 0 Å². The van der Waals surface area contributed by atoms with Gasteiger partial charge in [0.15, 0.2) is 5.65 Å². The molecule has 3 rings (SSSR count). The van der Waals surface area contributed by atoms with E-state index in [0.717, 1.165) is 24.8 Å². The van der Waals surface area contributed by atoms with E-state index in [1.165, 1.54) is 0 Å². The molecule has 1 aliphatic carbocycles. The first-order valence-corrected chi connectivity index (χ1v) is 10.2. The minimum Gasteiger partial charge on any atom is -0.351 e. The van der Waals surface area contributed by atoms with Crippen LogP contribution in [0.3, 0.4) is 0 Å². The summed E-state index contributed by atoms with van der Waals surface area (Å²) >= 11 is 0. The van der Waals surface area contributed by atoms with Crippen LogP contribution in [-0.4, -0.2) is 47.6 Å². The normalized spacial score (nSPS) is 15.2. The molecule has 2 heterocycles. The van der Waals surface area contributed by atoms with Crippen molar-refractivity contribution in [2.24, 2.45) is 0 Å². The maximum absolute atomic E-state index is 12.5. The Morgan fingerprint density at radius 2 is 2.12 bits per heavy atom. The van der Waals surface area contributed by atoms with Gasteiger partial charge in [-0.25, -0.2) is 18.1 Å². The van der Waals surface area contributed by atoms with Gasteiger partial charge in [0.05, 0.1) is 22.9 Å². The van der Waals surface area contributed by atoms with E-state index in [1.807, 2.05) is 24.6 Å². The Balaban J connectivity index is 1.95. The number of carbonyl (C=O) groups is 1. The second kappa shape index (κ2) is 6.16. The number of hydrogen-bond acceptors (Lipinski definition) is 5. The molecule has 1 amide bonds. The van der Waals surface area contributed by atoms with E-state index in [-0.39, 0.29) is 24.2 Å². The molecule has 0 aromatic carbocycles. The molecule has 1 N–H and O–H groups in total. The van der Waals surface area contributed by atoms with Gasteiger partial charge in [-0.3, -0.25) is 4.79 Å². The van der Waals surface area contributed by atoms with Gasteiger partial charge in [-0.1, -0.05) is 0 Å². The third-order valence-corrected chi connectivity index (χ3v) is 5.02. The summed E-state index contributed by atoms with van der Waals surface area (Å²) in [6, 6.07) is 1.97. The second-order valence-corrected chi connectivity index (χ2v) is 8.93. The highest BCUT2D eigenvalue weighted by Crippen LogP contribution is 2.40. The third-order valence-electron chi connectivity index (χ3n) is 4.07. The Labute approximate surface area is 141 Å². The van der Waals surface area contributed by atoms with Gasteiger partial charge >= 0.3 is 0 Å². The predicted octanol–water partition coefficient (Wildman–Crippen LogP) is 1.66. The molecule has 0 spiro atoms. The van der Waals surface area contributed by atoms with E-state index in [1.54, 1.807) is 6.20 Å². The molecule has 7 nitrogen and oxygen atoms in total.